The first-order valence-corrected chi connectivity index (χ1v) is 11.5. The lowest BCUT2D eigenvalue weighted by molar-refractivity contribution is 0.0214. The largest absolute Gasteiger partial charge is 0.504 e. The molecule has 1 aliphatic rings. The van der Waals surface area contributed by atoms with E-state index in [0.29, 0.717) is 31.3 Å². The summed E-state index contributed by atoms with van der Waals surface area (Å²) >= 11 is 0. The second-order valence-corrected chi connectivity index (χ2v) is 9.09. The molecule has 0 bridgehead atoms. The van der Waals surface area contributed by atoms with Crippen LogP contribution >= 0.6 is 24.0 Å². The number of carbonyl (C=O) groups excluding carboxylic acids is 1. The number of hydrogen-bond donors (Lipinski definition) is 2. The zero-order valence-corrected chi connectivity index (χ0v) is 23.2. The molecule has 0 spiro atoms. The molecule has 0 atom stereocenters. The number of ether oxygens (including phenoxy) is 2. The minimum absolute atomic E-state index is 0. The maximum atomic E-state index is 12.4. The molecule has 33 heavy (non-hydrogen) atoms. The molecule has 1 aromatic rings. The molecule has 1 aliphatic heterocycles. The fraction of sp³-hybridized carbons (Fsp3) is 0.667. The number of hydrogen-bond acceptors (Lipinski definition) is 5. The van der Waals surface area contributed by atoms with Crippen molar-refractivity contribution in [1.29, 1.82) is 0 Å². The Kier molecular flexibility index (Phi) is 12.1. The average molecular weight is 577 g/mol. The minimum Gasteiger partial charge on any atom is -0.504 e. The Labute approximate surface area is 215 Å². The lowest BCUT2D eigenvalue weighted by Gasteiger charge is -2.36. The minimum atomic E-state index is -0.484. The van der Waals surface area contributed by atoms with Crippen LogP contribution in [0.4, 0.5) is 4.79 Å². The van der Waals surface area contributed by atoms with Crippen molar-refractivity contribution in [3.8, 4) is 11.5 Å². The summed E-state index contributed by atoms with van der Waals surface area (Å²) < 4.78 is 10.7. The van der Waals surface area contributed by atoms with Gasteiger partial charge in [-0.2, -0.15) is 0 Å². The number of rotatable bonds is 7. The molecule has 1 heterocycles. The van der Waals surface area contributed by atoms with Gasteiger partial charge in [0.1, 0.15) is 5.60 Å². The first kappa shape index (κ1) is 29.1. The molecule has 188 valence electrons. The molecule has 9 heteroatoms. The number of piperidine rings is 1. The average Bonchev–Trinajstić information content (AvgIpc) is 2.75. The van der Waals surface area contributed by atoms with E-state index < -0.39 is 5.60 Å². The SMILES string of the molecule is CCNC(=NCc1cccc(OC)c1O)N1CCC(CN(CC)C(=O)OC(C)(C)C)CC1.I. The van der Waals surface area contributed by atoms with Crippen LogP contribution in [0.3, 0.4) is 0 Å². The number of nitrogens with one attached hydrogen (secondary N) is 1. The van der Waals surface area contributed by atoms with Crippen molar-refractivity contribution in [1.82, 2.24) is 15.1 Å². The van der Waals surface area contributed by atoms with Crippen molar-refractivity contribution in [2.75, 3.05) is 39.8 Å². The molecule has 1 amide bonds. The number of halogens is 1. The van der Waals surface area contributed by atoms with Gasteiger partial charge in [0.05, 0.1) is 13.7 Å². The van der Waals surface area contributed by atoms with E-state index in [2.05, 4.69) is 10.2 Å². The number of methoxy groups -OCH3 is 1. The quantitative estimate of drug-likeness (QED) is 0.284. The molecule has 1 aromatic carbocycles. The normalized spacial score (nSPS) is 15.0. The highest BCUT2D eigenvalue weighted by molar-refractivity contribution is 14.0. The van der Waals surface area contributed by atoms with Gasteiger partial charge in [0.2, 0.25) is 0 Å². The predicted molar refractivity (Wildman–Crippen MR) is 143 cm³/mol. The number of carbonyl (C=O) groups is 1. The number of aliphatic imine (C=N–C) groups is 1. The van der Waals surface area contributed by atoms with Crippen molar-refractivity contribution in [2.24, 2.45) is 10.9 Å². The van der Waals surface area contributed by atoms with Gasteiger partial charge in [-0.1, -0.05) is 12.1 Å². The van der Waals surface area contributed by atoms with Crippen LogP contribution in [-0.4, -0.2) is 72.4 Å². The smallest absolute Gasteiger partial charge is 0.410 e. The number of para-hydroxylation sites is 1. The lowest BCUT2D eigenvalue weighted by Crippen LogP contribution is -2.47. The molecule has 2 rings (SSSR count). The Balaban J connectivity index is 0.00000544. The van der Waals surface area contributed by atoms with Gasteiger partial charge in [-0.25, -0.2) is 9.79 Å². The molecule has 0 aromatic heterocycles. The van der Waals surface area contributed by atoms with Crippen molar-refractivity contribution in [3.63, 3.8) is 0 Å². The zero-order chi connectivity index (χ0) is 23.7. The van der Waals surface area contributed by atoms with Crippen LogP contribution in [-0.2, 0) is 11.3 Å². The van der Waals surface area contributed by atoms with E-state index in [-0.39, 0.29) is 35.8 Å². The highest BCUT2D eigenvalue weighted by Gasteiger charge is 2.27. The number of benzene rings is 1. The van der Waals surface area contributed by atoms with Crippen molar-refractivity contribution in [2.45, 2.75) is 59.6 Å². The molecular formula is C24H41IN4O4. The van der Waals surface area contributed by atoms with Gasteiger partial charge in [-0.15, -0.1) is 24.0 Å². The Hall–Kier alpha value is -1.91. The van der Waals surface area contributed by atoms with Gasteiger partial charge >= 0.3 is 6.09 Å². The number of phenols is 1. The molecule has 2 N–H and O–H groups in total. The van der Waals surface area contributed by atoms with Crippen LogP contribution in [0.25, 0.3) is 0 Å². The maximum Gasteiger partial charge on any atom is 0.410 e. The summed E-state index contributed by atoms with van der Waals surface area (Å²) in [5.41, 5.74) is 0.244. The number of aromatic hydroxyl groups is 1. The third-order valence-corrected chi connectivity index (χ3v) is 5.46. The first-order valence-electron chi connectivity index (χ1n) is 11.5. The summed E-state index contributed by atoms with van der Waals surface area (Å²) in [6, 6.07) is 5.44. The van der Waals surface area contributed by atoms with E-state index in [0.717, 1.165) is 44.0 Å². The number of amides is 1. The Morgan fingerprint density at radius 1 is 1.27 bits per heavy atom. The van der Waals surface area contributed by atoms with Crippen LogP contribution in [0, 0.1) is 5.92 Å². The number of likely N-dealkylation sites (tertiary alicyclic amines) is 1. The van der Waals surface area contributed by atoms with E-state index in [1.54, 1.807) is 18.1 Å². The number of phenolic OH excluding ortho intramolecular Hbond substituents is 1. The summed E-state index contributed by atoms with van der Waals surface area (Å²) in [6.07, 6.45) is 1.72. The topological polar surface area (TPSA) is 86.6 Å². The number of guanidine groups is 1. The standard InChI is InChI=1S/C24H40N4O4.HI/c1-7-25-22(26-16-19-10-9-11-20(31-6)21(19)29)28-14-12-18(13-15-28)17-27(8-2)23(30)32-24(3,4)5;/h9-11,18,29H,7-8,12-17H2,1-6H3,(H,25,26);1H. The molecule has 0 aliphatic carbocycles. The highest BCUT2D eigenvalue weighted by Crippen LogP contribution is 2.30. The molecule has 0 unspecified atom stereocenters. The van der Waals surface area contributed by atoms with Gasteiger partial charge in [0.15, 0.2) is 17.5 Å². The van der Waals surface area contributed by atoms with E-state index in [9.17, 15) is 9.90 Å². The highest BCUT2D eigenvalue weighted by atomic mass is 127. The monoisotopic (exact) mass is 576 g/mol. The molecule has 0 saturated carbocycles. The second-order valence-electron chi connectivity index (χ2n) is 9.09. The number of nitrogens with zero attached hydrogens (tertiary/aromatic N) is 3. The molecule has 8 nitrogen and oxygen atoms in total. The Morgan fingerprint density at radius 2 is 1.94 bits per heavy atom. The third-order valence-electron chi connectivity index (χ3n) is 5.46. The summed E-state index contributed by atoms with van der Waals surface area (Å²) in [5.74, 6) is 1.86. The van der Waals surface area contributed by atoms with Gasteiger partial charge in [0, 0.05) is 38.3 Å². The third kappa shape index (κ3) is 9.10. The Bertz CT molecular complexity index is 774. The van der Waals surface area contributed by atoms with E-state index in [4.69, 9.17) is 14.5 Å². The summed E-state index contributed by atoms with van der Waals surface area (Å²) in [4.78, 5) is 21.2. The summed E-state index contributed by atoms with van der Waals surface area (Å²) in [6.45, 7) is 13.9. The maximum absolute atomic E-state index is 12.4. The molecule has 1 fully saturated rings. The van der Waals surface area contributed by atoms with Crippen molar-refractivity contribution in [3.05, 3.63) is 23.8 Å². The first-order chi connectivity index (χ1) is 15.2. The van der Waals surface area contributed by atoms with Crippen LogP contribution in [0.15, 0.2) is 23.2 Å². The van der Waals surface area contributed by atoms with Gasteiger partial charge in [-0.05, 0) is 59.4 Å². The van der Waals surface area contributed by atoms with Crippen LogP contribution in [0.2, 0.25) is 0 Å². The fourth-order valence-corrected chi connectivity index (χ4v) is 3.74. The second kappa shape index (κ2) is 13.7. The van der Waals surface area contributed by atoms with Crippen molar-refractivity contribution < 1.29 is 19.4 Å². The summed E-state index contributed by atoms with van der Waals surface area (Å²) in [7, 11) is 1.54. The van der Waals surface area contributed by atoms with E-state index in [1.165, 1.54) is 0 Å². The lowest BCUT2D eigenvalue weighted by atomic mass is 9.96. The van der Waals surface area contributed by atoms with Crippen LogP contribution in [0.5, 0.6) is 11.5 Å². The molecular weight excluding hydrogens is 535 g/mol. The van der Waals surface area contributed by atoms with Crippen molar-refractivity contribution >= 4 is 36.0 Å². The van der Waals surface area contributed by atoms with Gasteiger partial charge < -0.3 is 29.7 Å². The van der Waals surface area contributed by atoms with E-state index in [1.807, 2.05) is 46.8 Å². The van der Waals surface area contributed by atoms with Crippen LogP contribution in [0.1, 0.15) is 53.0 Å². The molecule has 0 radical (unpaired) electrons. The van der Waals surface area contributed by atoms with Gasteiger partial charge in [-0.3, -0.25) is 0 Å². The zero-order valence-electron chi connectivity index (χ0n) is 20.9. The Morgan fingerprint density at radius 3 is 2.48 bits per heavy atom. The van der Waals surface area contributed by atoms with E-state index >= 15 is 0 Å². The van der Waals surface area contributed by atoms with Crippen LogP contribution < -0.4 is 10.1 Å². The summed E-state index contributed by atoms with van der Waals surface area (Å²) in [5, 5.41) is 13.7. The fourth-order valence-electron chi connectivity index (χ4n) is 3.74. The predicted octanol–water partition coefficient (Wildman–Crippen LogP) is 4.45. The van der Waals surface area contributed by atoms with Gasteiger partial charge in [0.25, 0.3) is 0 Å². The molecule has 1 saturated heterocycles.